The van der Waals surface area contributed by atoms with Gasteiger partial charge in [-0.1, -0.05) is 52.4 Å². The Balaban J connectivity index is 4.87. The Labute approximate surface area is 195 Å². The van der Waals surface area contributed by atoms with Gasteiger partial charge in [-0.3, -0.25) is 9.59 Å². The van der Waals surface area contributed by atoms with Gasteiger partial charge in [0.25, 0.3) is 11.8 Å². The number of unbranched alkanes of at least 4 members (excludes halogenated alkanes) is 8. The van der Waals surface area contributed by atoms with Gasteiger partial charge in [-0.25, -0.2) is 0 Å². The maximum atomic E-state index is 12.8. The van der Waals surface area contributed by atoms with E-state index in [4.69, 9.17) is 20.9 Å². The summed E-state index contributed by atoms with van der Waals surface area (Å²) in [6, 6.07) is 0. The van der Waals surface area contributed by atoms with E-state index in [1.54, 1.807) is 0 Å². The Hall–Kier alpha value is -1.22. The van der Waals surface area contributed by atoms with Crippen LogP contribution >= 0.6 is 0 Å². The van der Waals surface area contributed by atoms with Crippen molar-refractivity contribution >= 4 is 11.8 Å². The first-order valence-corrected chi connectivity index (χ1v) is 12.8. The molecule has 2 atom stereocenters. The van der Waals surface area contributed by atoms with Gasteiger partial charge in [-0.15, -0.1) is 0 Å². The van der Waals surface area contributed by atoms with E-state index in [2.05, 4.69) is 10.6 Å². The molecule has 0 spiro atoms. The lowest BCUT2D eigenvalue weighted by Gasteiger charge is -2.26. The molecule has 0 saturated carbocycles. The van der Waals surface area contributed by atoms with Gasteiger partial charge >= 0.3 is 0 Å². The van der Waals surface area contributed by atoms with Crippen LogP contribution in [-0.2, 0) is 19.1 Å². The summed E-state index contributed by atoms with van der Waals surface area (Å²) in [6.45, 7) is 7.35. The fraction of sp³-hybridized carbons (Fsp3) is 0.917. The molecule has 32 heavy (non-hydrogen) atoms. The van der Waals surface area contributed by atoms with Crippen LogP contribution in [-0.4, -0.2) is 63.4 Å². The highest BCUT2D eigenvalue weighted by atomic mass is 16.5. The molecule has 0 aliphatic rings. The fourth-order valence-corrected chi connectivity index (χ4v) is 3.27. The molecular weight excluding hydrogens is 408 g/mol. The van der Waals surface area contributed by atoms with Crippen LogP contribution < -0.4 is 22.1 Å². The molecule has 2 amide bonds. The normalized spacial score (nSPS) is 13.0. The number of carbonyl (C=O) groups is 2. The Morgan fingerprint density at radius 1 is 0.625 bits per heavy atom. The second-order valence-corrected chi connectivity index (χ2v) is 8.28. The van der Waals surface area contributed by atoms with E-state index in [9.17, 15) is 9.59 Å². The third kappa shape index (κ3) is 16.4. The SMILES string of the molecule is CCCNC(=O)[C@H](OCCCCCCCN)[C@@H](OCCCCCCCN)C(=O)NCCC. The number of amides is 2. The van der Waals surface area contributed by atoms with Crippen LogP contribution in [0.2, 0.25) is 0 Å². The molecule has 0 bridgehead atoms. The molecule has 0 aliphatic heterocycles. The molecule has 0 rings (SSSR count). The van der Waals surface area contributed by atoms with Crippen LogP contribution in [0, 0.1) is 0 Å². The predicted molar refractivity (Wildman–Crippen MR) is 130 cm³/mol. The quantitative estimate of drug-likeness (QED) is 0.174. The van der Waals surface area contributed by atoms with Gasteiger partial charge in [-0.2, -0.15) is 0 Å². The van der Waals surface area contributed by atoms with E-state index in [0.717, 1.165) is 90.1 Å². The van der Waals surface area contributed by atoms with Crippen molar-refractivity contribution in [1.82, 2.24) is 10.6 Å². The van der Waals surface area contributed by atoms with Crippen molar-refractivity contribution in [1.29, 1.82) is 0 Å². The summed E-state index contributed by atoms with van der Waals surface area (Å²) in [4.78, 5) is 25.6. The lowest BCUT2D eigenvalue weighted by atomic mass is 10.1. The van der Waals surface area contributed by atoms with Crippen molar-refractivity contribution in [3.63, 3.8) is 0 Å². The van der Waals surface area contributed by atoms with Crippen molar-refractivity contribution in [2.75, 3.05) is 39.4 Å². The van der Waals surface area contributed by atoms with Crippen LogP contribution in [0.3, 0.4) is 0 Å². The first-order valence-electron chi connectivity index (χ1n) is 12.8. The van der Waals surface area contributed by atoms with Crippen molar-refractivity contribution in [2.45, 2.75) is 103 Å². The summed E-state index contributed by atoms with van der Waals surface area (Å²) in [5.41, 5.74) is 11.1. The highest BCUT2D eigenvalue weighted by molar-refractivity contribution is 5.91. The van der Waals surface area contributed by atoms with Crippen molar-refractivity contribution in [3.05, 3.63) is 0 Å². The molecule has 0 fully saturated rings. The van der Waals surface area contributed by atoms with E-state index in [0.29, 0.717) is 26.3 Å². The topological polar surface area (TPSA) is 129 Å². The third-order valence-corrected chi connectivity index (χ3v) is 5.18. The summed E-state index contributed by atoms with van der Waals surface area (Å²) in [7, 11) is 0. The highest BCUT2D eigenvalue weighted by Gasteiger charge is 2.35. The third-order valence-electron chi connectivity index (χ3n) is 5.18. The summed E-state index contributed by atoms with van der Waals surface area (Å²) >= 11 is 0. The minimum atomic E-state index is -0.945. The van der Waals surface area contributed by atoms with E-state index >= 15 is 0 Å². The van der Waals surface area contributed by atoms with Gasteiger partial charge in [0.2, 0.25) is 0 Å². The smallest absolute Gasteiger partial charge is 0.252 e. The Bertz CT molecular complexity index is 412. The maximum Gasteiger partial charge on any atom is 0.252 e. The lowest BCUT2D eigenvalue weighted by molar-refractivity contribution is -0.157. The van der Waals surface area contributed by atoms with Gasteiger partial charge in [0, 0.05) is 26.3 Å². The van der Waals surface area contributed by atoms with Gasteiger partial charge < -0.3 is 31.6 Å². The van der Waals surface area contributed by atoms with Crippen LogP contribution in [0.1, 0.15) is 90.9 Å². The fourth-order valence-electron chi connectivity index (χ4n) is 3.27. The van der Waals surface area contributed by atoms with Crippen LogP contribution in [0.5, 0.6) is 0 Å². The predicted octanol–water partition coefficient (Wildman–Crippen LogP) is 2.63. The maximum absolute atomic E-state index is 12.8. The number of ether oxygens (including phenoxy) is 2. The summed E-state index contributed by atoms with van der Waals surface area (Å²) in [5, 5.41) is 5.74. The number of hydrogen-bond acceptors (Lipinski definition) is 6. The summed E-state index contributed by atoms with van der Waals surface area (Å²) in [6.07, 6.45) is 9.90. The first kappa shape index (κ1) is 30.8. The number of nitrogens with one attached hydrogen (secondary N) is 2. The zero-order valence-corrected chi connectivity index (χ0v) is 20.7. The number of hydrogen-bond donors (Lipinski definition) is 4. The van der Waals surface area contributed by atoms with Crippen LogP contribution in [0.15, 0.2) is 0 Å². The van der Waals surface area contributed by atoms with Gasteiger partial charge in [0.15, 0.2) is 12.2 Å². The lowest BCUT2D eigenvalue weighted by Crippen LogP contribution is -2.52. The summed E-state index contributed by atoms with van der Waals surface area (Å²) in [5.74, 6) is -0.566. The molecule has 6 N–H and O–H groups in total. The summed E-state index contributed by atoms with van der Waals surface area (Å²) < 4.78 is 11.9. The minimum absolute atomic E-state index is 0.283. The van der Waals surface area contributed by atoms with Crippen molar-refractivity contribution < 1.29 is 19.1 Å². The standard InChI is InChI=1S/C24H50N4O4/c1-3-17-27-23(29)21(31-19-13-9-5-7-11-15-25)22(24(30)28-18-4-2)32-20-14-10-6-8-12-16-26/h21-22H,3-20,25-26H2,1-2H3,(H,27,29)(H,28,30)/t21-,22-/m1/s1. The molecule has 0 saturated heterocycles. The van der Waals surface area contributed by atoms with Gasteiger partial charge in [0.05, 0.1) is 0 Å². The minimum Gasteiger partial charge on any atom is -0.365 e. The van der Waals surface area contributed by atoms with E-state index in [1.807, 2.05) is 13.8 Å². The zero-order chi connectivity index (χ0) is 23.9. The number of rotatable bonds is 23. The molecule has 0 aromatic rings. The molecule has 0 aromatic carbocycles. The van der Waals surface area contributed by atoms with Crippen LogP contribution in [0.4, 0.5) is 0 Å². The number of nitrogens with two attached hydrogens (primary N) is 2. The molecule has 0 aliphatic carbocycles. The Morgan fingerprint density at radius 3 is 1.31 bits per heavy atom. The van der Waals surface area contributed by atoms with Crippen LogP contribution in [0.25, 0.3) is 0 Å². The molecule has 8 nitrogen and oxygen atoms in total. The zero-order valence-electron chi connectivity index (χ0n) is 20.7. The average Bonchev–Trinajstić information content (AvgIpc) is 2.80. The van der Waals surface area contributed by atoms with Gasteiger partial charge in [-0.05, 0) is 51.6 Å². The van der Waals surface area contributed by atoms with Crippen molar-refractivity contribution in [3.8, 4) is 0 Å². The van der Waals surface area contributed by atoms with E-state index in [-0.39, 0.29) is 11.8 Å². The Morgan fingerprint density at radius 2 is 0.969 bits per heavy atom. The Kier molecular flexibility index (Phi) is 22.1. The van der Waals surface area contributed by atoms with Crippen molar-refractivity contribution in [2.24, 2.45) is 11.5 Å². The molecule has 0 radical (unpaired) electrons. The monoisotopic (exact) mass is 458 g/mol. The van der Waals surface area contributed by atoms with E-state index < -0.39 is 12.2 Å². The average molecular weight is 459 g/mol. The van der Waals surface area contributed by atoms with Gasteiger partial charge in [0.1, 0.15) is 0 Å². The second kappa shape index (κ2) is 23.0. The molecule has 190 valence electrons. The molecular formula is C24H50N4O4. The largest absolute Gasteiger partial charge is 0.365 e. The molecule has 0 unspecified atom stereocenters. The van der Waals surface area contributed by atoms with E-state index in [1.165, 1.54) is 0 Å². The number of carbonyl (C=O) groups excluding carboxylic acids is 2. The first-order chi connectivity index (χ1) is 15.6. The molecule has 0 aromatic heterocycles. The molecule has 8 heteroatoms. The second-order valence-electron chi connectivity index (χ2n) is 8.28. The highest BCUT2D eigenvalue weighted by Crippen LogP contribution is 2.11. The molecule has 0 heterocycles.